The number of aliphatic hydroxyl groups is 1. The maximum absolute atomic E-state index is 12.7. The van der Waals surface area contributed by atoms with E-state index in [9.17, 15) is 9.90 Å². The molecule has 2 aliphatic heterocycles. The van der Waals surface area contributed by atoms with E-state index in [1.54, 1.807) is 7.11 Å². The molecule has 4 rings (SSSR count). The number of benzene rings is 2. The van der Waals surface area contributed by atoms with Crippen LogP contribution in [0.2, 0.25) is 0 Å². The summed E-state index contributed by atoms with van der Waals surface area (Å²) in [7, 11) is 1.66. The summed E-state index contributed by atoms with van der Waals surface area (Å²) < 4.78 is 10.9. The van der Waals surface area contributed by atoms with Crippen LogP contribution in [0.1, 0.15) is 52.0 Å². The second kappa shape index (κ2) is 6.66. The molecule has 0 unspecified atom stereocenters. The Balaban J connectivity index is 1.59. The molecule has 150 valence electrons. The molecule has 0 saturated carbocycles. The van der Waals surface area contributed by atoms with E-state index >= 15 is 0 Å². The van der Waals surface area contributed by atoms with Crippen LogP contribution in [0, 0.1) is 0 Å². The lowest BCUT2D eigenvalue weighted by atomic mass is 9.80. The molecule has 2 aliphatic rings. The van der Waals surface area contributed by atoms with Crippen molar-refractivity contribution in [2.24, 2.45) is 0 Å². The van der Waals surface area contributed by atoms with E-state index in [1.165, 1.54) is 0 Å². The average Bonchev–Trinajstić information content (AvgIpc) is 2.92. The first-order valence-electron chi connectivity index (χ1n) is 10.0. The van der Waals surface area contributed by atoms with E-state index < -0.39 is 11.2 Å². The zero-order chi connectivity index (χ0) is 20.1. The monoisotopic (exact) mass is 383 g/mol. The largest absolute Gasteiger partial charge is 0.497 e. The van der Waals surface area contributed by atoms with Crippen molar-refractivity contribution in [3.63, 3.8) is 0 Å². The highest BCUT2D eigenvalue weighted by Crippen LogP contribution is 2.46. The van der Waals surface area contributed by atoms with Crippen LogP contribution in [-0.2, 0) is 10.3 Å². The summed E-state index contributed by atoms with van der Waals surface area (Å²) in [5.41, 5.74) is -0.506. The highest BCUT2D eigenvalue weighted by Gasteiger charge is 2.51. The van der Waals surface area contributed by atoms with E-state index in [0.717, 1.165) is 34.9 Å². The Morgan fingerprint density at radius 3 is 2.29 bits per heavy atom. The van der Waals surface area contributed by atoms with Gasteiger partial charge in [0.05, 0.1) is 12.7 Å². The van der Waals surface area contributed by atoms with E-state index in [-0.39, 0.29) is 18.2 Å². The number of ether oxygens (including phenoxy) is 2. The third-order valence-corrected chi connectivity index (χ3v) is 5.96. The van der Waals surface area contributed by atoms with Gasteiger partial charge in [0.15, 0.2) is 0 Å². The van der Waals surface area contributed by atoms with E-state index in [4.69, 9.17) is 9.47 Å². The third-order valence-electron chi connectivity index (χ3n) is 5.96. The summed E-state index contributed by atoms with van der Waals surface area (Å²) in [6.45, 7) is 5.66. The first kappa shape index (κ1) is 19.1. The molecule has 1 amide bonds. The number of methoxy groups -OCH3 is 1. The zero-order valence-electron chi connectivity index (χ0n) is 17.1. The number of piperidine rings is 1. The Kier molecular flexibility index (Phi) is 4.53. The molecule has 1 N–H and O–H groups in total. The van der Waals surface area contributed by atoms with Gasteiger partial charge in [-0.3, -0.25) is 0 Å². The van der Waals surface area contributed by atoms with Crippen molar-refractivity contribution in [3.8, 4) is 5.75 Å². The summed E-state index contributed by atoms with van der Waals surface area (Å²) in [4.78, 5) is 14.5. The summed E-state index contributed by atoms with van der Waals surface area (Å²) in [6.07, 6.45) is 2.66. The predicted molar refractivity (Wildman–Crippen MR) is 109 cm³/mol. The van der Waals surface area contributed by atoms with Gasteiger partial charge in [0.2, 0.25) is 0 Å². The fourth-order valence-electron chi connectivity index (χ4n) is 4.71. The van der Waals surface area contributed by atoms with Crippen molar-refractivity contribution in [1.29, 1.82) is 0 Å². The van der Waals surface area contributed by atoms with Crippen LogP contribution < -0.4 is 4.74 Å². The number of fused-ring (bicyclic) bond motifs is 3. The first-order valence-corrected chi connectivity index (χ1v) is 10.0. The summed E-state index contributed by atoms with van der Waals surface area (Å²) in [5.74, 6) is 0.822. The van der Waals surface area contributed by atoms with Crippen LogP contribution >= 0.6 is 0 Å². The molecule has 0 spiro atoms. The van der Waals surface area contributed by atoms with Crippen LogP contribution in [0.4, 0.5) is 4.79 Å². The fraction of sp³-hybridized carbons (Fsp3) is 0.522. The number of carbonyl (C=O) groups is 1. The van der Waals surface area contributed by atoms with E-state index in [1.807, 2.05) is 56.0 Å². The summed E-state index contributed by atoms with van der Waals surface area (Å²) in [5, 5.41) is 13.7. The number of rotatable bonds is 2. The molecule has 2 bridgehead atoms. The molecule has 5 nitrogen and oxygen atoms in total. The van der Waals surface area contributed by atoms with Crippen LogP contribution in [0.5, 0.6) is 5.75 Å². The molecule has 0 aliphatic carbocycles. The van der Waals surface area contributed by atoms with Crippen LogP contribution in [0.25, 0.3) is 10.8 Å². The van der Waals surface area contributed by atoms with Gasteiger partial charge in [0.25, 0.3) is 0 Å². The standard InChI is InChI=1S/C23H29NO4/c1-22(2,3)28-21(25)24-18-8-9-19(24)14-23(26,13-18)17-7-5-16-12-20(27-4)10-6-15(16)11-17/h5-7,10-12,18-19,26H,8-9,13-14H2,1-4H3/t18-,19-/m1/s1. The molecule has 28 heavy (non-hydrogen) atoms. The minimum absolute atomic E-state index is 0.0187. The molecule has 2 atom stereocenters. The lowest BCUT2D eigenvalue weighted by Crippen LogP contribution is -2.53. The SMILES string of the molecule is COc1ccc2cc(C3(O)C[C@H]4CC[C@H](C3)N4C(=O)OC(C)(C)C)ccc2c1. The number of carbonyl (C=O) groups excluding carboxylic acids is 1. The van der Waals surface area contributed by atoms with E-state index in [2.05, 4.69) is 6.07 Å². The van der Waals surface area contributed by atoms with Crippen LogP contribution in [0.3, 0.4) is 0 Å². The molecule has 2 aromatic carbocycles. The van der Waals surface area contributed by atoms with Crippen molar-refractivity contribution >= 4 is 16.9 Å². The molecule has 2 aromatic rings. The maximum Gasteiger partial charge on any atom is 0.410 e. The van der Waals surface area contributed by atoms with Gasteiger partial charge in [-0.1, -0.05) is 18.2 Å². The van der Waals surface area contributed by atoms with Crippen molar-refractivity contribution in [1.82, 2.24) is 4.90 Å². The third kappa shape index (κ3) is 3.44. The van der Waals surface area contributed by atoms with Gasteiger partial charge in [0.1, 0.15) is 11.4 Å². The minimum atomic E-state index is -0.918. The van der Waals surface area contributed by atoms with Crippen molar-refractivity contribution in [2.45, 2.75) is 69.7 Å². The highest BCUT2D eigenvalue weighted by molar-refractivity contribution is 5.84. The summed E-state index contributed by atoms with van der Waals surface area (Å²) >= 11 is 0. The molecule has 0 radical (unpaired) electrons. The van der Waals surface area contributed by atoms with Gasteiger partial charge in [0, 0.05) is 24.9 Å². The molecule has 5 heteroatoms. The Bertz CT molecular complexity index is 887. The Morgan fingerprint density at radius 1 is 1.07 bits per heavy atom. The van der Waals surface area contributed by atoms with Crippen molar-refractivity contribution in [2.75, 3.05) is 7.11 Å². The lowest BCUT2D eigenvalue weighted by Gasteiger charge is -2.44. The van der Waals surface area contributed by atoms with Crippen LogP contribution in [0.15, 0.2) is 36.4 Å². The minimum Gasteiger partial charge on any atom is -0.497 e. The quantitative estimate of drug-likeness (QED) is 0.823. The maximum atomic E-state index is 12.7. The number of amides is 1. The molecule has 2 heterocycles. The number of hydrogen-bond acceptors (Lipinski definition) is 4. The van der Waals surface area contributed by atoms with Crippen molar-refractivity contribution < 1.29 is 19.4 Å². The van der Waals surface area contributed by atoms with Gasteiger partial charge in [-0.05, 0) is 68.1 Å². The highest BCUT2D eigenvalue weighted by atomic mass is 16.6. The van der Waals surface area contributed by atoms with Gasteiger partial charge in [-0.15, -0.1) is 0 Å². The zero-order valence-corrected chi connectivity index (χ0v) is 17.1. The average molecular weight is 383 g/mol. The Hall–Kier alpha value is -2.27. The number of nitrogens with zero attached hydrogens (tertiary/aromatic N) is 1. The molecule has 0 aromatic heterocycles. The topological polar surface area (TPSA) is 59.0 Å². The normalized spacial score (nSPS) is 27.1. The van der Waals surface area contributed by atoms with Gasteiger partial charge >= 0.3 is 6.09 Å². The fourth-order valence-corrected chi connectivity index (χ4v) is 4.71. The summed E-state index contributed by atoms with van der Waals surface area (Å²) in [6, 6.07) is 12.1. The Morgan fingerprint density at radius 2 is 1.68 bits per heavy atom. The van der Waals surface area contributed by atoms with Crippen LogP contribution in [-0.4, -0.2) is 40.9 Å². The number of hydrogen-bond donors (Lipinski definition) is 1. The molecule has 2 saturated heterocycles. The van der Waals surface area contributed by atoms with E-state index in [0.29, 0.717) is 12.8 Å². The second-order valence-electron chi connectivity index (χ2n) is 9.14. The molecular weight excluding hydrogens is 354 g/mol. The first-order chi connectivity index (χ1) is 13.2. The van der Waals surface area contributed by atoms with Gasteiger partial charge in [-0.25, -0.2) is 4.79 Å². The smallest absolute Gasteiger partial charge is 0.410 e. The predicted octanol–water partition coefficient (Wildman–Crippen LogP) is 4.60. The van der Waals surface area contributed by atoms with Crippen molar-refractivity contribution in [3.05, 3.63) is 42.0 Å². The van der Waals surface area contributed by atoms with Gasteiger partial charge < -0.3 is 19.5 Å². The second-order valence-corrected chi connectivity index (χ2v) is 9.14. The molecular formula is C23H29NO4. The molecule has 2 fully saturated rings. The Labute approximate surface area is 166 Å². The lowest BCUT2D eigenvalue weighted by molar-refractivity contribution is -0.0623. The van der Waals surface area contributed by atoms with Gasteiger partial charge in [-0.2, -0.15) is 0 Å².